The van der Waals surface area contributed by atoms with Gasteiger partial charge in [-0.1, -0.05) is 72.1 Å². The fourth-order valence-electron chi connectivity index (χ4n) is 4.64. The van der Waals surface area contributed by atoms with Gasteiger partial charge in [0, 0.05) is 31.8 Å². The van der Waals surface area contributed by atoms with Crippen molar-refractivity contribution in [3.63, 3.8) is 0 Å². The summed E-state index contributed by atoms with van der Waals surface area (Å²) in [5.41, 5.74) is 0.782. The number of hydrogen-bond acceptors (Lipinski definition) is 9. The van der Waals surface area contributed by atoms with Crippen LogP contribution in [0.2, 0.25) is 5.02 Å². The second kappa shape index (κ2) is 24.5. The van der Waals surface area contributed by atoms with Crippen molar-refractivity contribution in [1.29, 1.82) is 0 Å². The Morgan fingerprint density at radius 1 is 1.03 bits per heavy atom. The summed E-state index contributed by atoms with van der Waals surface area (Å²) in [5.74, 6) is -2.17. The first kappa shape index (κ1) is 51.6. The van der Waals surface area contributed by atoms with Crippen molar-refractivity contribution in [1.82, 2.24) is 9.62 Å². The van der Waals surface area contributed by atoms with E-state index in [0.717, 1.165) is 47.5 Å². The van der Waals surface area contributed by atoms with Crippen molar-refractivity contribution in [2.45, 2.75) is 38.2 Å². The summed E-state index contributed by atoms with van der Waals surface area (Å²) in [6.45, 7) is 14.7. The van der Waals surface area contributed by atoms with Crippen molar-refractivity contribution in [3.8, 4) is 11.5 Å². The number of nitro groups is 1. The lowest BCUT2D eigenvalue weighted by molar-refractivity contribution is -0.385. The molecule has 0 saturated heterocycles. The van der Waals surface area contributed by atoms with E-state index in [1.807, 2.05) is 32.0 Å². The van der Waals surface area contributed by atoms with Crippen LogP contribution in [-0.2, 0) is 36.9 Å². The Labute approximate surface area is 354 Å². The molecule has 58 heavy (non-hydrogen) atoms. The second-order valence-electron chi connectivity index (χ2n) is 11.5. The van der Waals surface area contributed by atoms with E-state index < -0.39 is 53.7 Å². The molecule has 0 unspecified atom stereocenters. The fourth-order valence-corrected chi connectivity index (χ4v) is 5.73. The molecule has 3 rings (SSSR count). The molecule has 0 radical (unpaired) electrons. The number of nitrogens with zero attached hydrogens (tertiary/aromatic N) is 3. The predicted molar refractivity (Wildman–Crippen MR) is 220 cm³/mol. The van der Waals surface area contributed by atoms with E-state index in [4.69, 9.17) is 55.9 Å². The summed E-state index contributed by atoms with van der Waals surface area (Å²) >= 11 is 22.2. The maximum absolute atomic E-state index is 12.7. The minimum Gasteiger partial charge on any atom is -0.456 e. The van der Waals surface area contributed by atoms with E-state index >= 15 is 0 Å². The van der Waals surface area contributed by atoms with E-state index in [2.05, 4.69) is 20.1 Å². The number of benzene rings is 3. The summed E-state index contributed by atoms with van der Waals surface area (Å²) in [4.78, 5) is 47.4. The van der Waals surface area contributed by atoms with Gasteiger partial charge in [-0.05, 0) is 55.7 Å². The molecule has 0 saturated carbocycles. The van der Waals surface area contributed by atoms with Gasteiger partial charge in [0.05, 0.1) is 27.5 Å². The number of halogens is 7. The molecule has 318 valence electrons. The zero-order chi connectivity index (χ0) is 44.4. The highest BCUT2D eigenvalue weighted by molar-refractivity contribution is 7.89. The number of nitrogens with one attached hydrogen (secondary N) is 1. The molecule has 0 aliphatic carbocycles. The number of ether oxygens (including phenoxy) is 2. The first-order valence-corrected chi connectivity index (χ1v) is 20.4. The highest BCUT2D eigenvalue weighted by Crippen LogP contribution is 2.37. The third-order valence-electron chi connectivity index (χ3n) is 7.18. The SMILES string of the molecule is C=CCN(CC=C)C(=O)C(Cl)Cl.CCOCN(C(=O)CCl)c1c(C)cccc1CC.CS(=O)(=O)NC(=O)c1cc(Oc2ccc(C(F)(F)F)cc2Cl)ccc1[N+](=O)[O-]. The van der Waals surface area contributed by atoms with Gasteiger partial charge in [-0.2, -0.15) is 13.2 Å². The van der Waals surface area contributed by atoms with E-state index in [0.29, 0.717) is 38.1 Å². The Hall–Kier alpha value is -4.39. The van der Waals surface area contributed by atoms with Crippen LogP contribution in [0, 0.1) is 17.0 Å². The number of carbonyl (C=O) groups excluding carboxylic acids is 3. The molecule has 0 aliphatic rings. The van der Waals surface area contributed by atoms with E-state index in [1.54, 1.807) is 21.8 Å². The zero-order valence-electron chi connectivity index (χ0n) is 31.7. The van der Waals surface area contributed by atoms with Crippen LogP contribution in [0.25, 0.3) is 0 Å². The monoisotopic (exact) mass is 914 g/mol. The second-order valence-corrected chi connectivity index (χ2v) is 15.0. The summed E-state index contributed by atoms with van der Waals surface area (Å²) < 4.78 is 72.6. The number of hydrogen-bond donors (Lipinski definition) is 1. The van der Waals surface area contributed by atoms with Gasteiger partial charge in [-0.25, -0.2) is 13.1 Å². The lowest BCUT2D eigenvalue weighted by atomic mass is 10.0. The molecule has 3 amide bonds. The van der Waals surface area contributed by atoms with Gasteiger partial charge in [0.2, 0.25) is 15.9 Å². The smallest absolute Gasteiger partial charge is 0.416 e. The first-order valence-electron chi connectivity index (χ1n) is 16.7. The van der Waals surface area contributed by atoms with Crippen LogP contribution >= 0.6 is 46.4 Å². The average molecular weight is 917 g/mol. The van der Waals surface area contributed by atoms with Crippen LogP contribution in [0.5, 0.6) is 11.5 Å². The van der Waals surface area contributed by atoms with Gasteiger partial charge >= 0.3 is 6.18 Å². The van der Waals surface area contributed by atoms with Gasteiger partial charge in [0.25, 0.3) is 17.5 Å². The van der Waals surface area contributed by atoms with Crippen molar-refractivity contribution < 1.29 is 50.4 Å². The van der Waals surface area contributed by atoms with Crippen LogP contribution in [-0.4, -0.2) is 79.4 Å². The Morgan fingerprint density at radius 2 is 1.66 bits per heavy atom. The average Bonchev–Trinajstić information content (AvgIpc) is 3.14. The van der Waals surface area contributed by atoms with Gasteiger partial charge < -0.3 is 14.4 Å². The molecule has 21 heteroatoms. The number of rotatable bonds is 16. The third-order valence-corrected chi connectivity index (χ3v) is 8.64. The number of sulfonamides is 1. The first-order chi connectivity index (χ1) is 27.1. The molecule has 13 nitrogen and oxygen atoms in total. The number of para-hydroxylation sites is 1. The minimum atomic E-state index is -4.62. The highest BCUT2D eigenvalue weighted by Gasteiger charge is 2.31. The number of aryl methyl sites for hydroxylation is 2. The number of alkyl halides is 6. The van der Waals surface area contributed by atoms with Gasteiger partial charge in [-0.15, -0.1) is 24.8 Å². The van der Waals surface area contributed by atoms with E-state index in [1.165, 1.54) is 4.90 Å². The molecular formula is C37H41Cl4F3N4O9S. The zero-order valence-corrected chi connectivity index (χ0v) is 35.5. The number of carbonyl (C=O) groups is 3. The number of amides is 3. The fraction of sp³-hybridized carbons (Fsp3) is 0.324. The molecule has 0 heterocycles. The van der Waals surface area contributed by atoms with Gasteiger partial charge in [0.15, 0.2) is 4.84 Å². The van der Waals surface area contributed by atoms with Crippen LogP contribution < -0.4 is 14.4 Å². The summed E-state index contributed by atoms with van der Waals surface area (Å²) in [6, 6.07) is 11.1. The Bertz CT molecular complexity index is 2030. The molecular weight excluding hydrogens is 875 g/mol. The van der Waals surface area contributed by atoms with Crippen molar-refractivity contribution >= 4 is 85.5 Å². The molecule has 0 fully saturated rings. The molecule has 0 aliphatic heterocycles. The topological polar surface area (TPSA) is 165 Å². The van der Waals surface area contributed by atoms with Crippen LogP contribution in [0.3, 0.4) is 0 Å². The molecule has 0 aromatic heterocycles. The predicted octanol–water partition coefficient (Wildman–Crippen LogP) is 8.86. The number of anilines is 1. The molecule has 0 spiro atoms. The van der Waals surface area contributed by atoms with Crippen molar-refractivity contribution in [3.05, 3.63) is 117 Å². The molecule has 0 atom stereocenters. The molecule has 3 aromatic rings. The van der Waals surface area contributed by atoms with Crippen molar-refractivity contribution in [2.24, 2.45) is 0 Å². The van der Waals surface area contributed by atoms with Crippen LogP contribution in [0.1, 0.15) is 40.9 Å². The molecule has 1 N–H and O–H groups in total. The summed E-state index contributed by atoms with van der Waals surface area (Å²) in [5, 5.41) is 10.7. The largest absolute Gasteiger partial charge is 0.456 e. The quantitative estimate of drug-likeness (QED) is 0.0486. The Morgan fingerprint density at radius 3 is 2.12 bits per heavy atom. The maximum Gasteiger partial charge on any atom is 0.416 e. The van der Waals surface area contributed by atoms with Crippen LogP contribution in [0.15, 0.2) is 79.9 Å². The maximum atomic E-state index is 12.7. The van der Waals surface area contributed by atoms with Crippen molar-refractivity contribution in [2.75, 3.05) is 43.5 Å². The highest BCUT2D eigenvalue weighted by atomic mass is 35.5. The standard InChI is InChI=1S/C15H10ClF3N2O6S.C14H20ClNO2.C8H11Cl2NO/c1-28(25,26)20-14(22)10-7-9(3-4-12(10)21(23)24)27-13-5-2-8(6-11(13)16)15(17,18)19;1-4-12-8-6-7-11(3)14(12)16(10-18-5-2)13(17)9-15;1-3-5-11(6-4-2)8(12)7(9)10/h2-7H,1H3,(H,20,22);6-8H,4-5,9-10H2,1-3H3;3-4,7H,1-2,5-6H2. The molecule has 3 aromatic carbocycles. The van der Waals surface area contributed by atoms with Crippen LogP contribution in [0.4, 0.5) is 24.5 Å². The molecule has 0 bridgehead atoms. The van der Waals surface area contributed by atoms with E-state index in [9.17, 15) is 46.1 Å². The number of nitro benzene ring substituents is 1. The lowest BCUT2D eigenvalue weighted by Crippen LogP contribution is -2.35. The Kier molecular flexibility index (Phi) is 21.8. The summed E-state index contributed by atoms with van der Waals surface area (Å²) in [7, 11) is -4.00. The Balaban J connectivity index is 0.000000480. The normalized spacial score (nSPS) is 10.9. The van der Waals surface area contributed by atoms with E-state index in [-0.39, 0.29) is 35.9 Å². The van der Waals surface area contributed by atoms with Gasteiger partial charge in [0.1, 0.15) is 29.7 Å². The third kappa shape index (κ3) is 16.8. The summed E-state index contributed by atoms with van der Waals surface area (Å²) in [6.07, 6.45) is 0.149. The van der Waals surface area contributed by atoms with Gasteiger partial charge in [-0.3, -0.25) is 29.4 Å². The lowest BCUT2D eigenvalue weighted by Gasteiger charge is -2.25. The minimum absolute atomic E-state index is 0.0371.